The lowest BCUT2D eigenvalue weighted by atomic mass is 9.92. The predicted octanol–water partition coefficient (Wildman–Crippen LogP) is 2.71. The van der Waals surface area contributed by atoms with Crippen molar-refractivity contribution in [2.75, 3.05) is 13.2 Å². The molecule has 66 valence electrons. The second-order valence-corrected chi connectivity index (χ2v) is 3.80. The summed E-state index contributed by atoms with van der Waals surface area (Å²) in [5.74, 6) is 1.77. The zero-order valence-corrected chi connectivity index (χ0v) is 8.18. The largest absolute Gasteiger partial charge is 0.381 e. The molecule has 2 fully saturated rings. The topological polar surface area (TPSA) is 9.23 Å². The Morgan fingerprint density at radius 2 is 2.00 bits per heavy atom. The van der Waals surface area contributed by atoms with Crippen LogP contribution in [0.2, 0.25) is 0 Å². The Labute approximate surface area is 70.1 Å². The van der Waals surface area contributed by atoms with Crippen molar-refractivity contribution in [3.63, 3.8) is 0 Å². The summed E-state index contributed by atoms with van der Waals surface area (Å²) in [6.07, 6.45) is 1.44. The number of ether oxygens (including phenoxy) is 1. The Bertz CT molecular complexity index is 127. The van der Waals surface area contributed by atoms with E-state index in [4.69, 9.17) is 4.74 Å². The van der Waals surface area contributed by atoms with Crippen LogP contribution >= 0.6 is 0 Å². The summed E-state index contributed by atoms with van der Waals surface area (Å²) in [5, 5.41) is 0. The first-order valence-corrected chi connectivity index (χ1v) is 4.83. The van der Waals surface area contributed by atoms with Gasteiger partial charge in [0.25, 0.3) is 0 Å². The lowest BCUT2D eigenvalue weighted by Crippen LogP contribution is -2.12. The fraction of sp³-hybridized carbons (Fsp3) is 1.00. The molecule has 0 bridgehead atoms. The van der Waals surface area contributed by atoms with E-state index in [1.54, 1.807) is 0 Å². The van der Waals surface area contributed by atoms with E-state index in [0.29, 0.717) is 5.41 Å². The van der Waals surface area contributed by atoms with Gasteiger partial charge in [0.15, 0.2) is 0 Å². The monoisotopic (exact) mass is 156 g/mol. The van der Waals surface area contributed by atoms with Gasteiger partial charge in [-0.3, -0.25) is 0 Å². The second-order valence-electron chi connectivity index (χ2n) is 3.80. The third kappa shape index (κ3) is 1.31. The molecule has 0 amide bonds. The fourth-order valence-electron chi connectivity index (χ4n) is 2.07. The molecule has 1 heterocycles. The van der Waals surface area contributed by atoms with Gasteiger partial charge in [0, 0.05) is 5.41 Å². The number of fused-ring (bicyclic) bond motifs is 1. The Kier molecular flexibility index (Phi) is 2.58. The van der Waals surface area contributed by atoms with E-state index in [1.165, 1.54) is 6.42 Å². The highest BCUT2D eigenvalue weighted by Crippen LogP contribution is 2.61. The molecule has 1 aliphatic heterocycles. The van der Waals surface area contributed by atoms with Crippen LogP contribution in [0.25, 0.3) is 0 Å². The molecule has 0 aromatic heterocycles. The molecular formula is C10H20O. The minimum Gasteiger partial charge on any atom is -0.381 e. The van der Waals surface area contributed by atoms with Crippen molar-refractivity contribution in [2.24, 2.45) is 17.3 Å². The molecule has 1 nitrogen and oxygen atoms in total. The lowest BCUT2D eigenvalue weighted by Gasteiger charge is -2.14. The molecule has 2 unspecified atom stereocenters. The van der Waals surface area contributed by atoms with Crippen LogP contribution in [-0.2, 0) is 4.74 Å². The highest BCUT2D eigenvalue weighted by atomic mass is 16.5. The maximum Gasteiger partial charge on any atom is 0.0528 e. The van der Waals surface area contributed by atoms with Crippen LogP contribution < -0.4 is 0 Å². The molecule has 0 aromatic rings. The Hall–Kier alpha value is -0.0400. The van der Waals surface area contributed by atoms with E-state index in [2.05, 4.69) is 13.8 Å². The Balaban J connectivity index is 0.000000281. The predicted molar refractivity (Wildman–Crippen MR) is 47.5 cm³/mol. The van der Waals surface area contributed by atoms with E-state index in [1.807, 2.05) is 13.8 Å². The third-order valence-corrected chi connectivity index (χ3v) is 3.12. The quantitative estimate of drug-likeness (QED) is 0.567. The first kappa shape index (κ1) is 9.05. The smallest absolute Gasteiger partial charge is 0.0528 e. The van der Waals surface area contributed by atoms with Crippen molar-refractivity contribution in [2.45, 2.75) is 34.1 Å². The van der Waals surface area contributed by atoms with E-state index >= 15 is 0 Å². The van der Waals surface area contributed by atoms with Crippen LogP contribution in [0.15, 0.2) is 0 Å². The highest BCUT2D eigenvalue weighted by molar-refractivity contribution is 5.07. The number of hydrogen-bond acceptors (Lipinski definition) is 1. The summed E-state index contributed by atoms with van der Waals surface area (Å²) in [4.78, 5) is 0. The van der Waals surface area contributed by atoms with Crippen LogP contribution in [0.4, 0.5) is 0 Å². The van der Waals surface area contributed by atoms with Crippen LogP contribution in [0.5, 0.6) is 0 Å². The SMILES string of the molecule is CC.CC(C)C12COCC1C2. The summed E-state index contributed by atoms with van der Waals surface area (Å²) >= 11 is 0. The average molecular weight is 156 g/mol. The first-order chi connectivity index (χ1) is 5.26. The molecule has 0 radical (unpaired) electrons. The molecule has 2 rings (SSSR count). The molecular weight excluding hydrogens is 136 g/mol. The van der Waals surface area contributed by atoms with Gasteiger partial charge >= 0.3 is 0 Å². The van der Waals surface area contributed by atoms with Gasteiger partial charge < -0.3 is 4.74 Å². The molecule has 11 heavy (non-hydrogen) atoms. The molecule has 2 aliphatic rings. The Morgan fingerprint density at radius 3 is 2.18 bits per heavy atom. The zero-order chi connectivity index (χ0) is 8.48. The highest BCUT2D eigenvalue weighted by Gasteiger charge is 2.59. The maximum absolute atomic E-state index is 5.37. The first-order valence-electron chi connectivity index (χ1n) is 4.83. The van der Waals surface area contributed by atoms with Gasteiger partial charge in [0.2, 0.25) is 0 Å². The van der Waals surface area contributed by atoms with Gasteiger partial charge in [-0.05, 0) is 18.3 Å². The van der Waals surface area contributed by atoms with E-state index in [-0.39, 0.29) is 0 Å². The molecule has 1 saturated heterocycles. The summed E-state index contributed by atoms with van der Waals surface area (Å²) < 4.78 is 5.37. The summed E-state index contributed by atoms with van der Waals surface area (Å²) in [6.45, 7) is 10.7. The van der Waals surface area contributed by atoms with Gasteiger partial charge in [-0.2, -0.15) is 0 Å². The molecule has 0 aromatic carbocycles. The third-order valence-electron chi connectivity index (χ3n) is 3.12. The fourth-order valence-corrected chi connectivity index (χ4v) is 2.07. The van der Waals surface area contributed by atoms with Crippen molar-refractivity contribution in [1.82, 2.24) is 0 Å². The number of hydrogen-bond donors (Lipinski definition) is 0. The maximum atomic E-state index is 5.37. The average Bonchev–Trinajstić information content (AvgIpc) is 2.60. The van der Waals surface area contributed by atoms with Crippen LogP contribution in [-0.4, -0.2) is 13.2 Å². The second kappa shape index (κ2) is 3.14. The summed E-state index contributed by atoms with van der Waals surface area (Å²) in [7, 11) is 0. The zero-order valence-electron chi connectivity index (χ0n) is 8.18. The summed E-state index contributed by atoms with van der Waals surface area (Å²) in [6, 6.07) is 0. The Morgan fingerprint density at radius 1 is 1.36 bits per heavy atom. The molecule has 1 heteroatoms. The van der Waals surface area contributed by atoms with Crippen LogP contribution in [0.1, 0.15) is 34.1 Å². The van der Waals surface area contributed by atoms with E-state index in [9.17, 15) is 0 Å². The molecule has 1 aliphatic carbocycles. The van der Waals surface area contributed by atoms with Crippen molar-refractivity contribution < 1.29 is 4.74 Å². The van der Waals surface area contributed by atoms with E-state index in [0.717, 1.165) is 25.0 Å². The van der Waals surface area contributed by atoms with Crippen molar-refractivity contribution in [3.8, 4) is 0 Å². The molecule has 1 saturated carbocycles. The molecule has 0 spiro atoms. The van der Waals surface area contributed by atoms with Gasteiger partial charge in [-0.1, -0.05) is 27.7 Å². The van der Waals surface area contributed by atoms with Crippen LogP contribution in [0, 0.1) is 17.3 Å². The standard InChI is InChI=1S/C8H14O.C2H6/c1-6(2)8-3-7(8)4-9-5-8;1-2/h6-7H,3-5H2,1-2H3;1-2H3. The number of rotatable bonds is 1. The van der Waals surface area contributed by atoms with Gasteiger partial charge in [0.05, 0.1) is 13.2 Å². The van der Waals surface area contributed by atoms with Crippen molar-refractivity contribution in [3.05, 3.63) is 0 Å². The normalized spacial score (nSPS) is 39.5. The minimum atomic E-state index is 0.639. The van der Waals surface area contributed by atoms with Crippen molar-refractivity contribution in [1.29, 1.82) is 0 Å². The summed E-state index contributed by atoms with van der Waals surface area (Å²) in [5.41, 5.74) is 0.639. The van der Waals surface area contributed by atoms with Crippen molar-refractivity contribution >= 4 is 0 Å². The van der Waals surface area contributed by atoms with E-state index < -0.39 is 0 Å². The van der Waals surface area contributed by atoms with Gasteiger partial charge in [-0.25, -0.2) is 0 Å². The molecule has 2 atom stereocenters. The lowest BCUT2D eigenvalue weighted by molar-refractivity contribution is 0.132. The van der Waals surface area contributed by atoms with Crippen LogP contribution in [0.3, 0.4) is 0 Å². The van der Waals surface area contributed by atoms with Gasteiger partial charge in [0.1, 0.15) is 0 Å². The molecule has 0 N–H and O–H groups in total. The van der Waals surface area contributed by atoms with Gasteiger partial charge in [-0.15, -0.1) is 0 Å². The minimum absolute atomic E-state index is 0.639.